The van der Waals surface area contributed by atoms with Crippen molar-refractivity contribution < 1.29 is 53.9 Å². The van der Waals surface area contributed by atoms with Crippen molar-refractivity contribution >= 4 is 13.7 Å². The van der Waals surface area contributed by atoms with E-state index < -0.39 is 63.2 Å². The summed E-state index contributed by atoms with van der Waals surface area (Å²) in [7, 11) is -5.05. The number of aliphatic hydroxyl groups excluding tert-OH is 6. The summed E-state index contributed by atoms with van der Waals surface area (Å²) in [6.07, 6.45) is 24.1. The molecule has 1 aliphatic rings. The van der Waals surface area contributed by atoms with Crippen LogP contribution in [0, 0.1) is 0 Å². The molecular formula is C44H88NO11P. The van der Waals surface area contributed by atoms with Gasteiger partial charge in [-0.25, -0.2) is 4.57 Å². The van der Waals surface area contributed by atoms with Gasteiger partial charge in [0.2, 0.25) is 5.91 Å². The van der Waals surface area contributed by atoms with E-state index in [4.69, 9.17) is 9.05 Å². The van der Waals surface area contributed by atoms with Crippen molar-refractivity contribution in [2.24, 2.45) is 0 Å². The second-order valence-electron chi connectivity index (χ2n) is 17.0. The van der Waals surface area contributed by atoms with E-state index in [0.717, 1.165) is 38.5 Å². The molecule has 3 unspecified atom stereocenters. The Hall–Kier alpha value is -0.660. The summed E-state index contributed by atoms with van der Waals surface area (Å²) in [5.41, 5.74) is 0. The number of phosphoric acid groups is 1. The third kappa shape index (κ3) is 27.0. The van der Waals surface area contributed by atoms with Gasteiger partial charge in [0.25, 0.3) is 0 Å². The van der Waals surface area contributed by atoms with Gasteiger partial charge in [-0.2, -0.15) is 0 Å². The van der Waals surface area contributed by atoms with Gasteiger partial charge in [0, 0.05) is 6.42 Å². The van der Waals surface area contributed by atoms with E-state index in [0.29, 0.717) is 19.3 Å². The molecular weight excluding hydrogens is 749 g/mol. The molecule has 1 aliphatic carbocycles. The minimum absolute atomic E-state index is 0.242. The van der Waals surface area contributed by atoms with Crippen LogP contribution in [-0.4, -0.2) is 96.8 Å². The number of hydrogen-bond donors (Lipinski definition) is 8. The molecule has 8 N–H and O–H groups in total. The molecule has 9 atom stereocenters. The van der Waals surface area contributed by atoms with Crippen molar-refractivity contribution in [2.75, 3.05) is 6.61 Å². The van der Waals surface area contributed by atoms with Gasteiger partial charge in [0.15, 0.2) is 0 Å². The molecule has 1 saturated carbocycles. The maximum atomic E-state index is 12.9. The summed E-state index contributed by atoms with van der Waals surface area (Å²) < 4.78 is 23.0. The predicted octanol–water partition coefficient (Wildman–Crippen LogP) is 8.68. The van der Waals surface area contributed by atoms with Gasteiger partial charge in [-0.3, -0.25) is 13.8 Å². The molecule has 0 spiro atoms. The Labute approximate surface area is 346 Å². The first-order valence-electron chi connectivity index (χ1n) is 23.5. The first-order chi connectivity index (χ1) is 27.4. The second kappa shape index (κ2) is 35.0. The van der Waals surface area contributed by atoms with E-state index >= 15 is 0 Å². The van der Waals surface area contributed by atoms with Crippen molar-refractivity contribution in [3.63, 3.8) is 0 Å². The summed E-state index contributed by atoms with van der Waals surface area (Å²) >= 11 is 0. The third-order valence-electron chi connectivity index (χ3n) is 11.7. The molecule has 0 bridgehead atoms. The first-order valence-corrected chi connectivity index (χ1v) is 25.0. The molecule has 0 radical (unpaired) electrons. The van der Waals surface area contributed by atoms with Gasteiger partial charge >= 0.3 is 7.82 Å². The van der Waals surface area contributed by atoms with Crippen LogP contribution < -0.4 is 5.32 Å². The molecule has 0 aromatic heterocycles. The topological polar surface area (TPSA) is 206 Å². The quantitative estimate of drug-likeness (QED) is 0.0217. The smallest absolute Gasteiger partial charge is 0.391 e. The number of aliphatic hydroxyl groups is 6. The largest absolute Gasteiger partial charge is 0.472 e. The summed E-state index contributed by atoms with van der Waals surface area (Å²) in [6, 6.07) is -1.02. The van der Waals surface area contributed by atoms with Gasteiger partial charge in [0.1, 0.15) is 36.6 Å². The summed E-state index contributed by atoms with van der Waals surface area (Å²) in [5, 5.41) is 64.1. The number of carbonyl (C=O) groups excluding carboxylic acids is 1. The molecule has 57 heavy (non-hydrogen) atoms. The molecule has 0 heterocycles. The highest BCUT2D eigenvalue weighted by Crippen LogP contribution is 2.47. The molecule has 13 heteroatoms. The maximum absolute atomic E-state index is 12.9. The summed E-state index contributed by atoms with van der Waals surface area (Å²) in [4.78, 5) is 23.4. The number of nitrogens with one attached hydrogen (secondary N) is 1. The van der Waals surface area contributed by atoms with Gasteiger partial charge in [-0.1, -0.05) is 200 Å². The van der Waals surface area contributed by atoms with E-state index in [-0.39, 0.29) is 12.3 Å². The van der Waals surface area contributed by atoms with Crippen molar-refractivity contribution in [3.05, 3.63) is 0 Å². The minimum Gasteiger partial charge on any atom is -0.391 e. The fourth-order valence-corrected chi connectivity index (χ4v) is 8.76. The van der Waals surface area contributed by atoms with Crippen LogP contribution in [0.3, 0.4) is 0 Å². The number of phosphoric ester groups is 1. The molecule has 0 saturated heterocycles. The van der Waals surface area contributed by atoms with Gasteiger partial charge in [0.05, 0.1) is 18.8 Å². The molecule has 1 amide bonds. The molecule has 12 nitrogen and oxygen atoms in total. The number of rotatable bonds is 39. The molecule has 0 aliphatic heterocycles. The summed E-state index contributed by atoms with van der Waals surface area (Å²) in [5.74, 6) is -0.305. The Balaban J connectivity index is 2.46. The second-order valence-corrected chi connectivity index (χ2v) is 18.4. The SMILES string of the molecule is CCCCCCCCCCCCCCCCCC(=O)N[C@@H](COP(=O)(O)OC1[C@H](O)[C@H](O)C(O)[C@H](O)[C@H]1O)[C@H](O)CCCCCCCCCCCCCCCCC. The Kier molecular flexibility index (Phi) is 33.4. The average molecular weight is 838 g/mol. The Morgan fingerprint density at radius 3 is 1.21 bits per heavy atom. The number of unbranched alkanes of at least 4 members (excludes halogenated alkanes) is 28. The van der Waals surface area contributed by atoms with Crippen LogP contribution in [0.2, 0.25) is 0 Å². The number of amides is 1. The van der Waals surface area contributed by atoms with Crippen molar-refractivity contribution in [1.82, 2.24) is 5.32 Å². The van der Waals surface area contributed by atoms with Crippen molar-refractivity contribution in [1.29, 1.82) is 0 Å². The van der Waals surface area contributed by atoms with Crippen molar-refractivity contribution in [3.8, 4) is 0 Å². The molecule has 0 aromatic carbocycles. The van der Waals surface area contributed by atoms with Crippen LogP contribution >= 0.6 is 7.82 Å². The van der Waals surface area contributed by atoms with E-state index in [9.17, 15) is 44.9 Å². The average Bonchev–Trinajstić information content (AvgIpc) is 3.19. The Morgan fingerprint density at radius 1 is 0.526 bits per heavy atom. The number of hydrogen-bond acceptors (Lipinski definition) is 10. The van der Waals surface area contributed by atoms with Crippen molar-refractivity contribution in [2.45, 2.75) is 268 Å². The molecule has 1 rings (SSSR count). The van der Waals surface area contributed by atoms with E-state index in [1.165, 1.54) is 141 Å². The van der Waals surface area contributed by atoms with Crippen LogP contribution in [-0.2, 0) is 18.4 Å². The lowest BCUT2D eigenvalue weighted by molar-refractivity contribution is -0.220. The summed E-state index contributed by atoms with van der Waals surface area (Å²) in [6.45, 7) is 3.90. The van der Waals surface area contributed by atoms with Gasteiger partial charge in [-0.05, 0) is 12.8 Å². The predicted molar refractivity (Wildman–Crippen MR) is 228 cm³/mol. The highest BCUT2D eigenvalue weighted by molar-refractivity contribution is 7.47. The lowest BCUT2D eigenvalue weighted by Crippen LogP contribution is -2.64. The van der Waals surface area contributed by atoms with Crippen LogP contribution in [0.25, 0.3) is 0 Å². The monoisotopic (exact) mass is 838 g/mol. The Morgan fingerprint density at radius 2 is 0.842 bits per heavy atom. The van der Waals surface area contributed by atoms with E-state index in [1.807, 2.05) is 0 Å². The lowest BCUT2D eigenvalue weighted by atomic mass is 9.85. The highest BCUT2D eigenvalue weighted by atomic mass is 31.2. The Bertz CT molecular complexity index is 978. The zero-order valence-corrected chi connectivity index (χ0v) is 37.1. The van der Waals surface area contributed by atoms with Gasteiger partial charge < -0.3 is 40.8 Å². The zero-order chi connectivity index (χ0) is 42.2. The highest BCUT2D eigenvalue weighted by Gasteiger charge is 2.51. The van der Waals surface area contributed by atoms with E-state index in [1.54, 1.807) is 0 Å². The molecule has 340 valence electrons. The molecule has 1 fully saturated rings. The minimum atomic E-state index is -5.05. The van der Waals surface area contributed by atoms with Crippen LogP contribution in [0.15, 0.2) is 0 Å². The van der Waals surface area contributed by atoms with Crippen LogP contribution in [0.1, 0.15) is 219 Å². The van der Waals surface area contributed by atoms with E-state index in [2.05, 4.69) is 19.2 Å². The zero-order valence-electron chi connectivity index (χ0n) is 36.2. The van der Waals surface area contributed by atoms with Gasteiger partial charge in [-0.15, -0.1) is 0 Å². The standard InChI is InChI=1S/C44H88NO11P/c1-3-5-7-9-11-13-15-17-19-21-23-25-27-29-31-33-37(46)36(35-55-57(53,54)56-44-42(51)40(49)39(48)41(50)43(44)52)45-38(47)34-32-30-28-26-24-22-20-18-16-14-12-10-8-6-4-2/h36-37,39-44,46,48-52H,3-35H2,1-2H3,(H,45,47)(H,53,54)/t36-,37+,39?,40-,41+,42+,43+,44?/m0/s1. The fraction of sp³-hybridized carbons (Fsp3) is 0.977. The van der Waals surface area contributed by atoms with Crippen LogP contribution in [0.5, 0.6) is 0 Å². The maximum Gasteiger partial charge on any atom is 0.472 e. The fourth-order valence-electron chi connectivity index (χ4n) is 7.79. The van der Waals surface area contributed by atoms with Crippen LogP contribution in [0.4, 0.5) is 0 Å². The first kappa shape index (κ1) is 54.4. The normalized spacial score (nSPS) is 23.3. The number of carbonyl (C=O) groups is 1. The molecule has 0 aromatic rings. The lowest BCUT2D eigenvalue weighted by Gasteiger charge is -2.41. The third-order valence-corrected chi connectivity index (χ3v) is 12.7.